The van der Waals surface area contributed by atoms with E-state index in [1.54, 1.807) is 30.2 Å². The van der Waals surface area contributed by atoms with Gasteiger partial charge in [-0.05, 0) is 37.8 Å². The second-order valence-electron chi connectivity index (χ2n) is 8.40. The Morgan fingerprint density at radius 2 is 2.22 bits per heavy atom. The van der Waals surface area contributed by atoms with Crippen LogP contribution in [-0.2, 0) is 4.79 Å². The third-order valence-electron chi connectivity index (χ3n) is 5.95. The summed E-state index contributed by atoms with van der Waals surface area (Å²) in [5.41, 5.74) is 4.86. The molecule has 32 heavy (non-hydrogen) atoms. The molecule has 4 rings (SSSR count). The lowest BCUT2D eigenvalue weighted by Crippen LogP contribution is -2.52. The van der Waals surface area contributed by atoms with Crippen LogP contribution in [0.4, 0.5) is 20.4 Å². The highest BCUT2D eigenvalue weighted by Crippen LogP contribution is 2.40. The summed E-state index contributed by atoms with van der Waals surface area (Å²) in [6.07, 6.45) is 4.64. The zero-order chi connectivity index (χ0) is 22.9. The smallest absolute Gasteiger partial charge is 0.290 e. The van der Waals surface area contributed by atoms with Gasteiger partial charge in [0.2, 0.25) is 5.91 Å². The van der Waals surface area contributed by atoms with Gasteiger partial charge in [0.05, 0.1) is 30.5 Å². The zero-order valence-electron chi connectivity index (χ0n) is 17.7. The van der Waals surface area contributed by atoms with Crippen molar-refractivity contribution >= 4 is 17.5 Å². The molecule has 0 spiro atoms. The maximum Gasteiger partial charge on any atom is 0.290 e. The first-order valence-corrected chi connectivity index (χ1v) is 10.6. The summed E-state index contributed by atoms with van der Waals surface area (Å²) in [4.78, 5) is 36.2. The number of aromatic nitrogens is 3. The van der Waals surface area contributed by atoms with Gasteiger partial charge in [0.15, 0.2) is 5.82 Å². The topological polar surface area (TPSA) is 126 Å². The van der Waals surface area contributed by atoms with Crippen LogP contribution in [0.15, 0.2) is 29.3 Å². The van der Waals surface area contributed by atoms with Crippen LogP contribution in [0.2, 0.25) is 0 Å². The van der Waals surface area contributed by atoms with E-state index in [0.29, 0.717) is 24.1 Å². The van der Waals surface area contributed by atoms with E-state index in [2.05, 4.69) is 20.3 Å². The van der Waals surface area contributed by atoms with Gasteiger partial charge in [0.25, 0.3) is 11.5 Å². The van der Waals surface area contributed by atoms with E-state index < -0.39 is 29.9 Å². The number of piperidine rings is 1. The molecule has 0 aromatic carbocycles. The Kier molecular flexibility index (Phi) is 6.09. The number of alkyl halides is 2. The Morgan fingerprint density at radius 1 is 1.44 bits per heavy atom. The van der Waals surface area contributed by atoms with Crippen molar-refractivity contribution in [2.24, 2.45) is 5.92 Å². The highest BCUT2D eigenvalue weighted by molar-refractivity contribution is 5.93. The number of likely N-dealkylation sites (tertiary alicyclic amines) is 1. The second kappa shape index (κ2) is 8.81. The van der Waals surface area contributed by atoms with Gasteiger partial charge in [0, 0.05) is 25.7 Å². The van der Waals surface area contributed by atoms with Crippen LogP contribution in [0.1, 0.15) is 37.8 Å². The van der Waals surface area contributed by atoms with Crippen molar-refractivity contribution < 1.29 is 18.3 Å². The number of ether oxygens (including phenoxy) is 1. The monoisotopic (exact) mass is 448 g/mol. The molecule has 2 aromatic heterocycles. The van der Waals surface area contributed by atoms with Crippen LogP contribution in [0.5, 0.6) is 5.75 Å². The fourth-order valence-corrected chi connectivity index (χ4v) is 3.64. The molecule has 1 saturated carbocycles. The number of hydrogen-bond donors (Lipinski definition) is 3. The van der Waals surface area contributed by atoms with E-state index in [0.717, 1.165) is 6.20 Å². The van der Waals surface area contributed by atoms with Crippen molar-refractivity contribution in [3.63, 3.8) is 0 Å². The molecule has 172 valence electrons. The van der Waals surface area contributed by atoms with Crippen LogP contribution < -0.4 is 21.3 Å². The molecule has 1 amide bonds. The van der Waals surface area contributed by atoms with Crippen LogP contribution in [-0.4, -0.2) is 57.4 Å². The van der Waals surface area contributed by atoms with Crippen LogP contribution in [0.25, 0.3) is 0 Å². The number of carbonyl (C=O) groups excluding carboxylic acids is 1. The van der Waals surface area contributed by atoms with Gasteiger partial charge >= 0.3 is 0 Å². The van der Waals surface area contributed by atoms with Gasteiger partial charge in [-0.3, -0.25) is 14.5 Å². The number of anilines is 2. The van der Waals surface area contributed by atoms with Gasteiger partial charge in [-0.2, -0.15) is 0 Å². The normalized spacial score (nSPS) is 21.7. The van der Waals surface area contributed by atoms with Crippen molar-refractivity contribution in [2.45, 2.75) is 44.1 Å². The lowest BCUT2D eigenvalue weighted by atomic mass is 9.90. The summed E-state index contributed by atoms with van der Waals surface area (Å²) < 4.78 is 34.8. The molecular formula is C21H26F2N6O3. The standard InChI is InChI=1S/C21H26F2N6O3/c1-12(19(30)28-17-5-4-14(8-25-17)32-11-13-2-3-13)29-7-6-21(22,23)15(10-29)16-9-26-20(31)18(24)27-16/h4-5,8-9,12-13,15H,2-3,6-7,10-11H2,1H3,(H2,24,27)(H,26,31)(H,25,28,30)/t12?,15-/m1/s1. The Hall–Kier alpha value is -3.08. The lowest BCUT2D eigenvalue weighted by Gasteiger charge is -2.40. The van der Waals surface area contributed by atoms with Crippen molar-refractivity contribution in [1.82, 2.24) is 19.9 Å². The maximum absolute atomic E-state index is 14.6. The summed E-state index contributed by atoms with van der Waals surface area (Å²) in [6.45, 7) is 2.25. The first-order chi connectivity index (χ1) is 15.2. The molecule has 1 aliphatic carbocycles. The predicted octanol–water partition coefficient (Wildman–Crippen LogP) is 1.99. The number of nitrogens with one attached hydrogen (secondary N) is 2. The van der Waals surface area contributed by atoms with E-state index in [4.69, 9.17) is 10.5 Å². The molecule has 3 heterocycles. The van der Waals surface area contributed by atoms with Crippen molar-refractivity contribution in [2.75, 3.05) is 30.7 Å². The first kappa shape index (κ1) is 22.1. The van der Waals surface area contributed by atoms with Crippen molar-refractivity contribution in [3.8, 4) is 5.75 Å². The van der Waals surface area contributed by atoms with Gasteiger partial charge in [0.1, 0.15) is 11.6 Å². The molecule has 9 nitrogen and oxygen atoms in total. The second-order valence-corrected chi connectivity index (χ2v) is 8.40. The summed E-state index contributed by atoms with van der Waals surface area (Å²) in [5.74, 6) is -3.45. The van der Waals surface area contributed by atoms with Crippen LogP contribution >= 0.6 is 0 Å². The van der Waals surface area contributed by atoms with E-state index in [9.17, 15) is 18.4 Å². The number of halogens is 2. The molecule has 0 bridgehead atoms. The van der Waals surface area contributed by atoms with Crippen LogP contribution in [0, 0.1) is 5.92 Å². The van der Waals surface area contributed by atoms with E-state index in [1.165, 1.54) is 12.8 Å². The molecule has 11 heteroatoms. The number of rotatable bonds is 7. The number of hydrogen-bond acceptors (Lipinski definition) is 7. The maximum atomic E-state index is 14.6. The first-order valence-electron chi connectivity index (χ1n) is 10.6. The number of amides is 1. The summed E-state index contributed by atoms with van der Waals surface area (Å²) >= 11 is 0. The minimum absolute atomic E-state index is 0.00661. The zero-order valence-corrected chi connectivity index (χ0v) is 17.7. The number of H-pyrrole nitrogens is 1. The van der Waals surface area contributed by atoms with E-state index in [-0.39, 0.29) is 30.5 Å². The fourth-order valence-electron chi connectivity index (χ4n) is 3.64. The highest BCUT2D eigenvalue weighted by atomic mass is 19.3. The summed E-state index contributed by atoms with van der Waals surface area (Å²) in [7, 11) is 0. The number of nitrogens with two attached hydrogens (primary N) is 1. The Bertz CT molecular complexity index is 1020. The molecule has 1 saturated heterocycles. The van der Waals surface area contributed by atoms with Crippen molar-refractivity contribution in [3.05, 3.63) is 40.6 Å². The van der Waals surface area contributed by atoms with E-state index >= 15 is 0 Å². The molecule has 0 radical (unpaired) electrons. The minimum Gasteiger partial charge on any atom is -0.492 e. The molecule has 2 fully saturated rings. The number of nitrogen functional groups attached to an aromatic ring is 1. The van der Waals surface area contributed by atoms with E-state index in [1.807, 2.05) is 0 Å². The van der Waals surface area contributed by atoms with Gasteiger partial charge in [-0.25, -0.2) is 18.7 Å². The third-order valence-corrected chi connectivity index (χ3v) is 5.95. The number of pyridine rings is 1. The van der Waals surface area contributed by atoms with Crippen molar-refractivity contribution in [1.29, 1.82) is 0 Å². The van der Waals surface area contributed by atoms with Crippen LogP contribution in [0.3, 0.4) is 0 Å². The quantitative estimate of drug-likeness (QED) is 0.591. The molecule has 2 atom stereocenters. The number of carbonyl (C=O) groups is 1. The predicted molar refractivity (Wildman–Crippen MR) is 114 cm³/mol. The van der Waals surface area contributed by atoms with Gasteiger partial charge < -0.3 is 20.8 Å². The Balaban J connectivity index is 1.39. The molecule has 1 unspecified atom stereocenters. The van der Waals surface area contributed by atoms with Gasteiger partial charge in [-0.15, -0.1) is 0 Å². The average molecular weight is 448 g/mol. The average Bonchev–Trinajstić information content (AvgIpc) is 3.59. The van der Waals surface area contributed by atoms with Gasteiger partial charge in [-0.1, -0.05) is 0 Å². The SMILES string of the molecule is CC(C(=O)Nc1ccc(OCC2CC2)cn1)N1CCC(F)(F)[C@@H](c2c[nH]c(=O)c(N)n2)C1. The number of nitrogens with zero attached hydrogens (tertiary/aromatic N) is 3. The molecule has 4 N–H and O–H groups in total. The highest BCUT2D eigenvalue weighted by Gasteiger charge is 2.47. The Morgan fingerprint density at radius 3 is 2.88 bits per heavy atom. The largest absolute Gasteiger partial charge is 0.492 e. The summed E-state index contributed by atoms with van der Waals surface area (Å²) in [6, 6.07) is 2.70. The summed E-state index contributed by atoms with van der Waals surface area (Å²) in [5, 5.41) is 2.72. The minimum atomic E-state index is -3.04. The Labute approximate surface area is 183 Å². The fraction of sp³-hybridized carbons (Fsp3) is 0.524. The third kappa shape index (κ3) is 5.04. The molecule has 2 aliphatic rings. The molecule has 1 aliphatic heterocycles. The molecular weight excluding hydrogens is 422 g/mol. The molecule has 2 aromatic rings. The lowest BCUT2D eigenvalue weighted by molar-refractivity contribution is -0.125. The number of aromatic amines is 1.